The quantitative estimate of drug-likeness (QED) is 0.385. The molecule has 0 saturated heterocycles. The van der Waals surface area contributed by atoms with Crippen LogP contribution in [0.15, 0.2) is 0 Å². The summed E-state index contributed by atoms with van der Waals surface area (Å²) in [6, 6.07) is 0. The molecule has 0 bridgehead atoms. The van der Waals surface area contributed by atoms with Crippen LogP contribution in [0.1, 0.15) is 0 Å². The van der Waals surface area contributed by atoms with Gasteiger partial charge in [-0.25, -0.2) is 0 Å². The van der Waals surface area contributed by atoms with Gasteiger partial charge in [0.05, 0.1) is 0 Å². The van der Waals surface area contributed by atoms with Crippen molar-refractivity contribution in [2.24, 2.45) is 0 Å². The molecule has 0 aromatic heterocycles. The second-order valence-corrected chi connectivity index (χ2v) is 0. The van der Waals surface area contributed by atoms with Gasteiger partial charge in [0, 0.05) is 0 Å². The van der Waals surface area contributed by atoms with Gasteiger partial charge in [-0.05, 0) is 0 Å². The average Bonchev–Trinajstić information content (AvgIpc) is 0. The number of hydrogen-bond acceptors (Lipinski definition) is 0. The molecule has 0 fully saturated rings. The van der Waals surface area contributed by atoms with E-state index in [4.69, 9.17) is 0 Å². The second kappa shape index (κ2) is 33.9. The van der Waals surface area contributed by atoms with Crippen LogP contribution >= 0.6 is 29.7 Å². The molecule has 0 rings (SSSR count). The summed E-state index contributed by atoms with van der Waals surface area (Å²) in [5, 5.41) is 0. The molecule has 5 heteroatoms. The van der Waals surface area contributed by atoms with Gasteiger partial charge in [-0.3, -0.25) is 0 Å². The third kappa shape index (κ3) is 22.2. The van der Waals surface area contributed by atoms with E-state index in [0.29, 0.717) is 0 Å². The summed E-state index contributed by atoms with van der Waals surface area (Å²) >= 11 is 0. The molecule has 5 heavy (non-hydrogen) atoms. The van der Waals surface area contributed by atoms with Gasteiger partial charge >= 0.3 is 19.5 Å². The first-order valence-electron chi connectivity index (χ1n) is 0. The van der Waals surface area contributed by atoms with Gasteiger partial charge in [-0.2, -0.15) is 29.7 Å². The molecule has 0 aromatic carbocycles. The molecule has 0 spiro atoms. The predicted octanol–water partition coefficient (Wildman–Crippen LogP) is 0.169. The smallest absolute Gasteiger partial charge is 2.00 e. The number of hydrogen-bond donors (Lipinski definition) is 0. The van der Waals surface area contributed by atoms with E-state index in [1.165, 1.54) is 0 Å². The van der Waals surface area contributed by atoms with Crippen LogP contribution in [-0.2, 0) is 33.0 Å². The molecule has 0 aliphatic carbocycles. The predicted molar refractivity (Wildman–Crippen MR) is 40.7 cm³/mol. The van der Waals surface area contributed by atoms with Crippen LogP contribution in [0.2, 0.25) is 0 Å². The molecule has 0 nitrogen and oxygen atoms in total. The minimum Gasteiger partial charge on any atom is -2.00 e. The molecule has 0 radical (unpaired) electrons. The largest absolute Gasteiger partial charge is 2.00 e. The summed E-state index contributed by atoms with van der Waals surface area (Å²) in [5.74, 6) is 0. The van der Waals surface area contributed by atoms with Gasteiger partial charge in [-0.1, -0.05) is 0 Å². The molecule has 3 unspecified atom stereocenters. The summed E-state index contributed by atoms with van der Waals surface area (Å²) in [5.41, 5.74) is 0. The van der Waals surface area contributed by atoms with E-state index >= 15 is 0 Å². The molecule has 0 heterocycles. The van der Waals surface area contributed by atoms with Gasteiger partial charge in [-0.15, -0.1) is 0 Å². The van der Waals surface area contributed by atoms with E-state index in [1.807, 2.05) is 0 Å². The Bertz CT molecular complexity index is 6.85. The minimum atomic E-state index is 0. The van der Waals surface area contributed by atoms with Crippen LogP contribution in [0.5, 0.6) is 0 Å². The molecule has 0 N–H and O–H groups in total. The molecule has 0 aliphatic heterocycles. The van der Waals surface area contributed by atoms with Gasteiger partial charge in [0.1, 0.15) is 0 Å². The average molecular weight is 199 g/mol. The van der Waals surface area contributed by atoms with E-state index in [-0.39, 0.29) is 62.7 Å². The molecular weight excluding hydrogens is 190 g/mol. The van der Waals surface area contributed by atoms with Crippen LogP contribution in [-0.4, -0.2) is 0 Å². The van der Waals surface area contributed by atoms with Gasteiger partial charge in [0.2, 0.25) is 0 Å². The van der Waals surface area contributed by atoms with Crippen molar-refractivity contribution in [2.75, 3.05) is 0 Å². The van der Waals surface area contributed by atoms with Crippen molar-refractivity contribution in [3.05, 3.63) is 0 Å². The summed E-state index contributed by atoms with van der Waals surface area (Å²) in [4.78, 5) is 0. The maximum Gasteiger partial charge on any atom is 2.00 e. The van der Waals surface area contributed by atoms with Crippen molar-refractivity contribution in [3.63, 3.8) is 0 Å². The Morgan fingerprint density at radius 2 is 0.600 bits per heavy atom. The van der Waals surface area contributed by atoms with Crippen LogP contribution < -0.4 is 0 Å². The van der Waals surface area contributed by atoms with E-state index in [2.05, 4.69) is 0 Å². The van der Waals surface area contributed by atoms with Crippen LogP contribution in [0.3, 0.4) is 0 Å². The Morgan fingerprint density at radius 1 is 0.600 bits per heavy atom. The third-order valence-corrected chi connectivity index (χ3v) is 0. The van der Waals surface area contributed by atoms with Gasteiger partial charge < -0.3 is 13.5 Å². The van der Waals surface area contributed by atoms with Crippen molar-refractivity contribution in [1.29, 1.82) is 0 Å². The zero-order chi connectivity index (χ0) is 0. The molecule has 3 atom stereocenters. The Morgan fingerprint density at radius 3 is 0.600 bits per heavy atom. The second-order valence-electron chi connectivity index (χ2n) is 0. The van der Waals surface area contributed by atoms with E-state index in [1.54, 1.807) is 0 Å². The normalized spacial score (nSPS) is 0. The Hall–Kier alpha value is 2.26. The van der Waals surface area contributed by atoms with Gasteiger partial charge in [0.25, 0.3) is 0 Å². The van der Waals surface area contributed by atoms with Crippen molar-refractivity contribution < 1.29 is 19.5 Å². The summed E-state index contributed by atoms with van der Waals surface area (Å²) in [6.07, 6.45) is 0. The molecule has 0 saturated carbocycles. The maximum atomic E-state index is 0. The van der Waals surface area contributed by atoms with Crippen LogP contribution in [0.4, 0.5) is 0 Å². The standard InChI is InChI=1S/3H3P.S.Zn/h3*1H3;;/q;;;-2;+2. The van der Waals surface area contributed by atoms with Crippen LogP contribution in [0, 0.1) is 0 Å². The summed E-state index contributed by atoms with van der Waals surface area (Å²) in [6.45, 7) is 0. The summed E-state index contributed by atoms with van der Waals surface area (Å²) < 4.78 is 0. The third-order valence-electron chi connectivity index (χ3n) is 0. The molecule has 32 valence electrons. The SMILES string of the molecule is P.P.P.[S-2].[Zn+2]. The topological polar surface area (TPSA) is 0 Å². The fourth-order valence-electron chi connectivity index (χ4n) is 0. The van der Waals surface area contributed by atoms with Gasteiger partial charge in [0.15, 0.2) is 0 Å². The molecule has 0 aliphatic rings. The monoisotopic (exact) mass is 198 g/mol. The Labute approximate surface area is 62.7 Å². The fraction of sp³-hybridized carbons (Fsp3) is 0. The first-order chi connectivity index (χ1) is 0. The van der Waals surface area contributed by atoms with E-state index in [9.17, 15) is 0 Å². The Balaban J connectivity index is 0. The van der Waals surface area contributed by atoms with Crippen molar-refractivity contribution >= 4 is 43.2 Å². The van der Waals surface area contributed by atoms with Crippen molar-refractivity contribution in [3.8, 4) is 0 Å². The van der Waals surface area contributed by atoms with Crippen LogP contribution in [0.25, 0.3) is 0 Å². The molecule has 0 aromatic rings. The zero-order valence-corrected chi connectivity index (χ0v) is 11.3. The van der Waals surface area contributed by atoms with Crippen molar-refractivity contribution in [1.82, 2.24) is 0 Å². The zero-order valence-electron chi connectivity index (χ0n) is 3.24. The Kier molecular flexibility index (Phi) is 377. The summed E-state index contributed by atoms with van der Waals surface area (Å²) in [7, 11) is 0. The minimum absolute atomic E-state index is 0. The fourth-order valence-corrected chi connectivity index (χ4v) is 0. The maximum absolute atomic E-state index is 0. The molecular formula is H9P3SZn. The number of rotatable bonds is 0. The van der Waals surface area contributed by atoms with E-state index < -0.39 is 0 Å². The van der Waals surface area contributed by atoms with Crippen molar-refractivity contribution in [2.45, 2.75) is 0 Å². The van der Waals surface area contributed by atoms with E-state index in [0.717, 1.165) is 0 Å². The molecule has 0 amide bonds. The first kappa shape index (κ1) is 55.6. The first-order valence-corrected chi connectivity index (χ1v) is 0.